The maximum atomic E-state index is 13.7. The van der Waals surface area contributed by atoms with Crippen molar-refractivity contribution in [2.75, 3.05) is 31.1 Å². The minimum absolute atomic E-state index is 0.0233. The third kappa shape index (κ3) is 3.34. The second kappa shape index (κ2) is 6.78. The molecule has 6 heteroatoms. The van der Waals surface area contributed by atoms with Crippen LogP contribution in [0, 0.1) is 5.82 Å². The molecule has 1 amide bonds. The number of halogens is 1. The molecule has 0 atom stereocenters. The van der Waals surface area contributed by atoms with E-state index in [9.17, 15) is 9.18 Å². The molecular formula is C19H21FN4O. The topological polar surface area (TPSA) is 49.3 Å². The van der Waals surface area contributed by atoms with Gasteiger partial charge in [0.1, 0.15) is 5.82 Å². The minimum Gasteiger partial charge on any atom is -0.352 e. The smallest absolute Gasteiger partial charge is 0.227 e. The molecule has 0 unspecified atom stereocenters. The van der Waals surface area contributed by atoms with Gasteiger partial charge >= 0.3 is 0 Å². The van der Waals surface area contributed by atoms with Crippen LogP contribution < -0.4 is 4.90 Å². The summed E-state index contributed by atoms with van der Waals surface area (Å²) in [5, 5.41) is 8.69. The van der Waals surface area contributed by atoms with Crippen LogP contribution >= 0.6 is 0 Å². The fraction of sp³-hybridized carbons (Fsp3) is 0.421. The first kappa shape index (κ1) is 16.0. The Kier molecular flexibility index (Phi) is 4.34. The molecule has 2 aliphatic rings. The van der Waals surface area contributed by atoms with Crippen LogP contribution in [0.2, 0.25) is 0 Å². The van der Waals surface area contributed by atoms with Gasteiger partial charge in [0.05, 0.1) is 12.1 Å². The molecule has 1 aromatic carbocycles. The molecule has 0 saturated carbocycles. The van der Waals surface area contributed by atoms with E-state index in [1.54, 1.807) is 18.2 Å². The van der Waals surface area contributed by atoms with Crippen LogP contribution in [-0.4, -0.2) is 47.2 Å². The number of rotatable bonds is 3. The molecule has 4 rings (SSSR count). The SMILES string of the molecule is O=C(Cc1ccccc1F)N1CCN(c2cc3c(nn2)CCC3)CC1. The molecule has 2 heterocycles. The number of carbonyl (C=O) groups excluding carboxylic acids is 1. The van der Waals surface area contributed by atoms with Gasteiger partial charge in [-0.1, -0.05) is 18.2 Å². The molecule has 0 radical (unpaired) electrons. The number of carbonyl (C=O) groups is 1. The van der Waals surface area contributed by atoms with Crippen LogP contribution in [0.25, 0.3) is 0 Å². The standard InChI is InChI=1S/C19H21FN4O/c20-16-6-2-1-4-14(16)13-19(25)24-10-8-23(9-11-24)18-12-15-5-3-7-17(15)21-22-18/h1-2,4,6,12H,3,5,7-11,13H2. The number of aryl methyl sites for hydroxylation is 2. The van der Waals surface area contributed by atoms with Crippen molar-refractivity contribution in [3.05, 3.63) is 53.0 Å². The molecule has 1 saturated heterocycles. The maximum Gasteiger partial charge on any atom is 0.227 e. The number of piperazine rings is 1. The highest BCUT2D eigenvalue weighted by Crippen LogP contribution is 2.23. The summed E-state index contributed by atoms with van der Waals surface area (Å²) in [5.74, 6) is 0.564. The number of hydrogen-bond acceptors (Lipinski definition) is 4. The molecule has 0 bridgehead atoms. The molecule has 1 aliphatic heterocycles. The van der Waals surface area contributed by atoms with Gasteiger partial charge in [0.25, 0.3) is 0 Å². The van der Waals surface area contributed by atoms with Crippen molar-refractivity contribution in [2.24, 2.45) is 0 Å². The third-order valence-corrected chi connectivity index (χ3v) is 5.06. The second-order valence-corrected chi connectivity index (χ2v) is 6.66. The van der Waals surface area contributed by atoms with Crippen LogP contribution in [-0.2, 0) is 24.1 Å². The average Bonchev–Trinajstić information content (AvgIpc) is 3.11. The number of aromatic nitrogens is 2. The van der Waals surface area contributed by atoms with E-state index in [-0.39, 0.29) is 18.1 Å². The Labute approximate surface area is 146 Å². The van der Waals surface area contributed by atoms with Gasteiger partial charge in [-0.05, 0) is 42.5 Å². The molecule has 25 heavy (non-hydrogen) atoms. The highest BCUT2D eigenvalue weighted by molar-refractivity contribution is 5.79. The summed E-state index contributed by atoms with van der Waals surface area (Å²) in [6.45, 7) is 2.73. The largest absolute Gasteiger partial charge is 0.352 e. The van der Waals surface area contributed by atoms with Crippen molar-refractivity contribution in [1.29, 1.82) is 0 Å². The normalized spacial score (nSPS) is 16.8. The van der Waals surface area contributed by atoms with Gasteiger partial charge < -0.3 is 9.80 Å². The first-order valence-corrected chi connectivity index (χ1v) is 8.82. The van der Waals surface area contributed by atoms with Crippen LogP contribution in [0.3, 0.4) is 0 Å². The van der Waals surface area contributed by atoms with Crippen molar-refractivity contribution >= 4 is 11.7 Å². The number of hydrogen-bond donors (Lipinski definition) is 0. The summed E-state index contributed by atoms with van der Waals surface area (Å²) in [4.78, 5) is 16.4. The summed E-state index contributed by atoms with van der Waals surface area (Å²) in [6.07, 6.45) is 3.39. The van der Waals surface area contributed by atoms with Crippen LogP contribution in [0.1, 0.15) is 23.2 Å². The molecule has 2 aromatic rings. The Morgan fingerprint density at radius 3 is 2.68 bits per heavy atom. The fourth-order valence-corrected chi connectivity index (χ4v) is 3.57. The van der Waals surface area contributed by atoms with Crippen molar-refractivity contribution in [3.8, 4) is 0 Å². The van der Waals surface area contributed by atoms with Gasteiger partial charge in [0, 0.05) is 26.2 Å². The van der Waals surface area contributed by atoms with E-state index < -0.39 is 0 Å². The monoisotopic (exact) mass is 340 g/mol. The van der Waals surface area contributed by atoms with E-state index >= 15 is 0 Å². The Balaban J connectivity index is 1.36. The fourth-order valence-electron chi connectivity index (χ4n) is 3.57. The third-order valence-electron chi connectivity index (χ3n) is 5.06. The summed E-state index contributed by atoms with van der Waals surface area (Å²) in [6, 6.07) is 8.61. The Bertz CT molecular complexity index is 787. The summed E-state index contributed by atoms with van der Waals surface area (Å²) in [5.41, 5.74) is 2.89. The summed E-state index contributed by atoms with van der Waals surface area (Å²) < 4.78 is 13.7. The van der Waals surface area contributed by atoms with Crippen LogP contribution in [0.15, 0.2) is 30.3 Å². The van der Waals surface area contributed by atoms with Crippen LogP contribution in [0.4, 0.5) is 10.2 Å². The van der Waals surface area contributed by atoms with Gasteiger partial charge in [-0.15, -0.1) is 5.10 Å². The highest BCUT2D eigenvalue weighted by Gasteiger charge is 2.24. The Morgan fingerprint density at radius 2 is 1.88 bits per heavy atom. The Morgan fingerprint density at radius 1 is 1.08 bits per heavy atom. The molecule has 1 aromatic heterocycles. The van der Waals surface area contributed by atoms with Crippen molar-refractivity contribution < 1.29 is 9.18 Å². The zero-order valence-electron chi connectivity index (χ0n) is 14.1. The quantitative estimate of drug-likeness (QED) is 0.857. The lowest BCUT2D eigenvalue weighted by molar-refractivity contribution is -0.130. The minimum atomic E-state index is -0.317. The van der Waals surface area contributed by atoms with E-state index in [1.165, 1.54) is 11.6 Å². The van der Waals surface area contributed by atoms with Crippen molar-refractivity contribution in [1.82, 2.24) is 15.1 Å². The number of anilines is 1. The molecule has 1 fully saturated rings. The predicted molar refractivity (Wildman–Crippen MR) is 93.0 cm³/mol. The second-order valence-electron chi connectivity index (χ2n) is 6.66. The predicted octanol–water partition coefficient (Wildman–Crippen LogP) is 2.00. The van der Waals surface area contributed by atoms with E-state index in [4.69, 9.17) is 0 Å². The van der Waals surface area contributed by atoms with Gasteiger partial charge in [-0.2, -0.15) is 5.10 Å². The molecule has 5 nitrogen and oxygen atoms in total. The zero-order chi connectivity index (χ0) is 17.2. The number of fused-ring (bicyclic) bond motifs is 1. The highest BCUT2D eigenvalue weighted by atomic mass is 19.1. The number of benzene rings is 1. The van der Waals surface area contributed by atoms with E-state index in [2.05, 4.69) is 21.2 Å². The Hall–Kier alpha value is -2.50. The van der Waals surface area contributed by atoms with Gasteiger partial charge in [-0.25, -0.2) is 4.39 Å². The molecule has 1 aliphatic carbocycles. The molecule has 130 valence electrons. The summed E-state index contributed by atoms with van der Waals surface area (Å²) >= 11 is 0. The van der Waals surface area contributed by atoms with Gasteiger partial charge in [0.2, 0.25) is 5.91 Å². The first-order valence-electron chi connectivity index (χ1n) is 8.82. The summed E-state index contributed by atoms with van der Waals surface area (Å²) in [7, 11) is 0. The lowest BCUT2D eigenvalue weighted by Gasteiger charge is -2.35. The van der Waals surface area contributed by atoms with Gasteiger partial charge in [0.15, 0.2) is 5.82 Å². The molecular weight excluding hydrogens is 319 g/mol. The maximum absolute atomic E-state index is 13.7. The zero-order valence-corrected chi connectivity index (χ0v) is 14.1. The number of nitrogens with zero attached hydrogens (tertiary/aromatic N) is 4. The van der Waals surface area contributed by atoms with Crippen molar-refractivity contribution in [3.63, 3.8) is 0 Å². The first-order chi connectivity index (χ1) is 12.2. The van der Waals surface area contributed by atoms with Crippen LogP contribution in [0.5, 0.6) is 0 Å². The van der Waals surface area contributed by atoms with E-state index in [0.717, 1.165) is 43.9 Å². The van der Waals surface area contributed by atoms with E-state index in [1.807, 2.05) is 4.90 Å². The molecule has 0 spiro atoms. The van der Waals surface area contributed by atoms with Gasteiger partial charge in [-0.3, -0.25) is 4.79 Å². The van der Waals surface area contributed by atoms with E-state index in [0.29, 0.717) is 18.7 Å². The lowest BCUT2D eigenvalue weighted by Crippen LogP contribution is -2.49. The van der Waals surface area contributed by atoms with Crippen molar-refractivity contribution in [2.45, 2.75) is 25.7 Å². The lowest BCUT2D eigenvalue weighted by atomic mass is 10.1. The average molecular weight is 340 g/mol. The molecule has 0 N–H and O–H groups in total. The number of amides is 1.